The molecular formula is C23H31N3O2. The number of pyridine rings is 1. The van der Waals surface area contributed by atoms with Gasteiger partial charge in [0.15, 0.2) is 0 Å². The third-order valence-corrected chi connectivity index (χ3v) is 5.30. The van der Waals surface area contributed by atoms with Crippen molar-refractivity contribution in [1.29, 1.82) is 0 Å². The SMILES string of the molecule is CC(C)N1CCCC(CNC(=O)c2cc(OCCc3ccccc3)ccn2)C1. The number of likely N-dealkylation sites (tertiary alicyclic amines) is 1. The van der Waals surface area contributed by atoms with Crippen molar-refractivity contribution < 1.29 is 9.53 Å². The largest absolute Gasteiger partial charge is 0.493 e. The zero-order valence-electron chi connectivity index (χ0n) is 16.9. The Balaban J connectivity index is 1.47. The molecule has 150 valence electrons. The average Bonchev–Trinajstić information content (AvgIpc) is 2.73. The van der Waals surface area contributed by atoms with E-state index < -0.39 is 0 Å². The van der Waals surface area contributed by atoms with Gasteiger partial charge in [-0.05, 0) is 50.8 Å². The number of aromatic nitrogens is 1. The number of nitrogens with one attached hydrogen (secondary N) is 1. The minimum atomic E-state index is -0.129. The Morgan fingerprint density at radius 1 is 1.29 bits per heavy atom. The fourth-order valence-electron chi connectivity index (χ4n) is 3.62. The van der Waals surface area contributed by atoms with E-state index in [4.69, 9.17) is 4.74 Å². The summed E-state index contributed by atoms with van der Waals surface area (Å²) in [4.78, 5) is 19.2. The normalized spacial score (nSPS) is 17.5. The van der Waals surface area contributed by atoms with Gasteiger partial charge in [-0.1, -0.05) is 30.3 Å². The third kappa shape index (κ3) is 6.06. The summed E-state index contributed by atoms with van der Waals surface area (Å²) in [5.74, 6) is 1.06. The molecule has 0 aliphatic carbocycles. The summed E-state index contributed by atoms with van der Waals surface area (Å²) in [6, 6.07) is 14.3. The lowest BCUT2D eigenvalue weighted by Crippen LogP contribution is -2.43. The summed E-state index contributed by atoms with van der Waals surface area (Å²) in [5.41, 5.74) is 1.64. The molecule has 2 aromatic rings. The predicted octanol–water partition coefficient (Wildman–Crippen LogP) is 3.55. The van der Waals surface area contributed by atoms with Crippen LogP contribution in [-0.2, 0) is 6.42 Å². The third-order valence-electron chi connectivity index (χ3n) is 5.30. The first kappa shape index (κ1) is 20.3. The van der Waals surface area contributed by atoms with Crippen LogP contribution in [0.1, 0.15) is 42.7 Å². The first-order valence-corrected chi connectivity index (χ1v) is 10.3. The van der Waals surface area contributed by atoms with Gasteiger partial charge in [-0.2, -0.15) is 0 Å². The molecule has 1 aromatic heterocycles. The Morgan fingerprint density at radius 3 is 2.89 bits per heavy atom. The smallest absolute Gasteiger partial charge is 0.270 e. The molecule has 1 aromatic carbocycles. The van der Waals surface area contributed by atoms with Crippen molar-refractivity contribution in [1.82, 2.24) is 15.2 Å². The van der Waals surface area contributed by atoms with Gasteiger partial charge in [0, 0.05) is 37.8 Å². The Labute approximate surface area is 168 Å². The maximum atomic E-state index is 12.5. The molecule has 1 aliphatic heterocycles. The number of carbonyl (C=O) groups excluding carboxylic acids is 1. The molecule has 1 unspecified atom stereocenters. The van der Waals surface area contributed by atoms with E-state index in [9.17, 15) is 4.79 Å². The van der Waals surface area contributed by atoms with Crippen molar-refractivity contribution in [2.75, 3.05) is 26.2 Å². The molecule has 0 radical (unpaired) electrons. The molecule has 1 fully saturated rings. The van der Waals surface area contributed by atoms with E-state index in [0.29, 0.717) is 36.6 Å². The van der Waals surface area contributed by atoms with Crippen LogP contribution >= 0.6 is 0 Å². The summed E-state index contributed by atoms with van der Waals surface area (Å²) in [5, 5.41) is 3.05. The first-order valence-electron chi connectivity index (χ1n) is 10.3. The Kier molecular flexibility index (Phi) is 7.43. The van der Waals surface area contributed by atoms with Gasteiger partial charge in [0.05, 0.1) is 6.61 Å². The highest BCUT2D eigenvalue weighted by atomic mass is 16.5. The Morgan fingerprint density at radius 2 is 2.11 bits per heavy atom. The number of rotatable bonds is 8. The molecule has 1 aliphatic rings. The van der Waals surface area contributed by atoms with E-state index >= 15 is 0 Å². The maximum Gasteiger partial charge on any atom is 0.270 e. The van der Waals surface area contributed by atoms with Gasteiger partial charge in [0.25, 0.3) is 5.91 Å². The molecule has 1 amide bonds. The summed E-state index contributed by atoms with van der Waals surface area (Å²) in [6.07, 6.45) is 4.83. The molecule has 0 spiro atoms. The van der Waals surface area contributed by atoms with Gasteiger partial charge in [0.1, 0.15) is 11.4 Å². The van der Waals surface area contributed by atoms with E-state index in [0.717, 1.165) is 19.5 Å². The second kappa shape index (κ2) is 10.2. The van der Waals surface area contributed by atoms with E-state index in [1.807, 2.05) is 18.2 Å². The molecule has 2 heterocycles. The van der Waals surface area contributed by atoms with Crippen molar-refractivity contribution in [2.24, 2.45) is 5.92 Å². The molecule has 1 N–H and O–H groups in total. The van der Waals surface area contributed by atoms with Crippen LogP contribution in [0.25, 0.3) is 0 Å². The van der Waals surface area contributed by atoms with Crippen LogP contribution in [-0.4, -0.2) is 48.1 Å². The van der Waals surface area contributed by atoms with Crippen molar-refractivity contribution in [3.8, 4) is 5.75 Å². The fourth-order valence-corrected chi connectivity index (χ4v) is 3.62. The van der Waals surface area contributed by atoms with Crippen LogP contribution in [0.5, 0.6) is 5.75 Å². The number of ether oxygens (including phenoxy) is 1. The number of benzene rings is 1. The molecule has 1 atom stereocenters. The summed E-state index contributed by atoms with van der Waals surface area (Å²) >= 11 is 0. The van der Waals surface area contributed by atoms with E-state index in [-0.39, 0.29) is 5.91 Å². The number of hydrogen-bond donors (Lipinski definition) is 1. The van der Waals surface area contributed by atoms with Gasteiger partial charge >= 0.3 is 0 Å². The highest BCUT2D eigenvalue weighted by Crippen LogP contribution is 2.18. The first-order chi connectivity index (χ1) is 13.6. The van der Waals surface area contributed by atoms with E-state index in [2.05, 4.69) is 41.2 Å². The van der Waals surface area contributed by atoms with E-state index in [1.54, 1.807) is 18.3 Å². The molecule has 3 rings (SSSR count). The second-order valence-electron chi connectivity index (χ2n) is 7.77. The maximum absolute atomic E-state index is 12.5. The quantitative estimate of drug-likeness (QED) is 0.760. The fraction of sp³-hybridized carbons (Fsp3) is 0.478. The second-order valence-corrected chi connectivity index (χ2v) is 7.77. The van der Waals surface area contributed by atoms with Crippen LogP contribution in [0, 0.1) is 5.92 Å². The minimum Gasteiger partial charge on any atom is -0.493 e. The number of hydrogen-bond acceptors (Lipinski definition) is 4. The van der Waals surface area contributed by atoms with Gasteiger partial charge < -0.3 is 15.0 Å². The zero-order valence-corrected chi connectivity index (χ0v) is 16.9. The van der Waals surface area contributed by atoms with Crippen LogP contribution in [0.3, 0.4) is 0 Å². The number of carbonyl (C=O) groups is 1. The number of nitrogens with zero attached hydrogens (tertiary/aromatic N) is 2. The highest BCUT2D eigenvalue weighted by Gasteiger charge is 2.22. The lowest BCUT2D eigenvalue weighted by atomic mass is 9.97. The summed E-state index contributed by atoms with van der Waals surface area (Å²) in [6.45, 7) is 7.94. The Bertz CT molecular complexity index is 749. The monoisotopic (exact) mass is 381 g/mol. The van der Waals surface area contributed by atoms with Gasteiger partial charge in [0.2, 0.25) is 0 Å². The van der Waals surface area contributed by atoms with Gasteiger partial charge in [-0.3, -0.25) is 9.78 Å². The molecule has 28 heavy (non-hydrogen) atoms. The van der Waals surface area contributed by atoms with Crippen molar-refractivity contribution in [3.63, 3.8) is 0 Å². The number of amides is 1. The summed E-state index contributed by atoms with van der Waals surface area (Å²) < 4.78 is 5.81. The van der Waals surface area contributed by atoms with Crippen LogP contribution in [0.15, 0.2) is 48.7 Å². The van der Waals surface area contributed by atoms with Crippen LogP contribution in [0.2, 0.25) is 0 Å². The number of piperidine rings is 1. The van der Waals surface area contributed by atoms with Gasteiger partial charge in [-0.25, -0.2) is 0 Å². The highest BCUT2D eigenvalue weighted by molar-refractivity contribution is 5.92. The molecule has 5 heteroatoms. The topological polar surface area (TPSA) is 54.5 Å². The van der Waals surface area contributed by atoms with Crippen LogP contribution < -0.4 is 10.1 Å². The van der Waals surface area contributed by atoms with Crippen molar-refractivity contribution >= 4 is 5.91 Å². The van der Waals surface area contributed by atoms with Crippen LogP contribution in [0.4, 0.5) is 0 Å². The predicted molar refractivity (Wildman–Crippen MR) is 112 cm³/mol. The molecular weight excluding hydrogens is 350 g/mol. The van der Waals surface area contributed by atoms with Crippen molar-refractivity contribution in [2.45, 2.75) is 39.2 Å². The van der Waals surface area contributed by atoms with Gasteiger partial charge in [-0.15, -0.1) is 0 Å². The standard InChI is InChI=1S/C23H31N3O2/c1-18(2)26-13-6-9-20(17-26)16-25-23(27)22-15-21(10-12-24-22)28-14-11-19-7-4-3-5-8-19/h3-5,7-8,10,12,15,18,20H,6,9,11,13-14,16-17H2,1-2H3,(H,25,27). The van der Waals surface area contributed by atoms with E-state index in [1.165, 1.54) is 18.4 Å². The zero-order chi connectivity index (χ0) is 19.8. The average molecular weight is 382 g/mol. The minimum absolute atomic E-state index is 0.129. The lowest BCUT2D eigenvalue weighted by Gasteiger charge is -2.35. The van der Waals surface area contributed by atoms with Crippen molar-refractivity contribution in [3.05, 3.63) is 59.9 Å². The summed E-state index contributed by atoms with van der Waals surface area (Å²) in [7, 11) is 0. The molecule has 1 saturated heterocycles. The molecule has 0 bridgehead atoms. The lowest BCUT2D eigenvalue weighted by molar-refractivity contribution is 0.0917. The molecule has 5 nitrogen and oxygen atoms in total. The Hall–Kier alpha value is -2.40. The molecule has 0 saturated carbocycles.